The van der Waals surface area contributed by atoms with Crippen LogP contribution in [-0.4, -0.2) is 40.8 Å². The number of carboxylic acid groups (broad SMARTS) is 1. The van der Waals surface area contributed by atoms with Crippen LogP contribution in [0.15, 0.2) is 30.3 Å². The highest BCUT2D eigenvalue weighted by molar-refractivity contribution is 5.88. The summed E-state index contributed by atoms with van der Waals surface area (Å²) in [7, 11) is 0. The summed E-state index contributed by atoms with van der Waals surface area (Å²) in [6.07, 6.45) is 3.82. The number of carbonyl (C=O) groups is 2. The highest BCUT2D eigenvalue weighted by Gasteiger charge is 2.34. The molecule has 138 valence electrons. The van der Waals surface area contributed by atoms with E-state index in [1.54, 1.807) is 0 Å². The van der Waals surface area contributed by atoms with Gasteiger partial charge in [-0.2, -0.15) is 0 Å². The number of amides is 1. The first-order valence-corrected chi connectivity index (χ1v) is 8.99. The number of hydrogen-bond donors (Lipinski definition) is 4. The Morgan fingerprint density at radius 2 is 1.80 bits per heavy atom. The highest BCUT2D eigenvalue weighted by atomic mass is 16.4. The number of nitrogens with one attached hydrogen (secondary N) is 1. The van der Waals surface area contributed by atoms with E-state index in [0.717, 1.165) is 31.2 Å². The zero-order valence-electron chi connectivity index (χ0n) is 14.4. The van der Waals surface area contributed by atoms with E-state index < -0.39 is 18.1 Å². The van der Waals surface area contributed by atoms with Crippen LogP contribution in [-0.2, 0) is 9.59 Å². The Kier molecular flexibility index (Phi) is 7.40. The van der Waals surface area contributed by atoms with E-state index in [2.05, 4.69) is 5.32 Å². The van der Waals surface area contributed by atoms with Crippen molar-refractivity contribution in [1.29, 1.82) is 0 Å². The Morgan fingerprint density at radius 1 is 1.16 bits per heavy atom. The van der Waals surface area contributed by atoms with Gasteiger partial charge < -0.3 is 21.3 Å². The van der Waals surface area contributed by atoms with Crippen molar-refractivity contribution >= 4 is 11.9 Å². The highest BCUT2D eigenvalue weighted by Crippen LogP contribution is 2.37. The van der Waals surface area contributed by atoms with Crippen LogP contribution in [0, 0.1) is 5.92 Å². The van der Waals surface area contributed by atoms with E-state index in [9.17, 15) is 19.8 Å². The molecule has 1 saturated carbocycles. The summed E-state index contributed by atoms with van der Waals surface area (Å²) < 4.78 is 0. The summed E-state index contributed by atoms with van der Waals surface area (Å²) in [6, 6.07) is 8.54. The smallest absolute Gasteiger partial charge is 0.326 e. The number of nitrogens with two attached hydrogens (primary N) is 1. The monoisotopic (exact) mass is 348 g/mol. The standard InChI is InChI=1S/C19H28N2O4/c20-12-15(22)10-11-16(19(24)25)21-18(23)17(14-8-4-5-9-14)13-6-2-1-3-7-13/h1-3,6-7,14-17,22H,4-5,8-12,20H2,(H,21,23)(H,24,25)/t15?,16-,17?/m0/s1. The SMILES string of the molecule is NCC(O)CC[C@H](NC(=O)C(c1ccccc1)C1CCCC1)C(=O)O. The fourth-order valence-electron chi connectivity index (χ4n) is 3.58. The predicted octanol–water partition coefficient (Wildman–Crippen LogP) is 1.63. The summed E-state index contributed by atoms with van der Waals surface area (Å²) in [4.78, 5) is 24.4. The van der Waals surface area contributed by atoms with Crippen molar-refractivity contribution in [1.82, 2.24) is 5.32 Å². The van der Waals surface area contributed by atoms with E-state index >= 15 is 0 Å². The van der Waals surface area contributed by atoms with Gasteiger partial charge in [0, 0.05) is 6.54 Å². The number of carboxylic acids is 1. The molecule has 0 bridgehead atoms. The average Bonchev–Trinajstić information content (AvgIpc) is 3.13. The number of aliphatic carboxylic acids is 1. The molecule has 5 N–H and O–H groups in total. The third kappa shape index (κ3) is 5.54. The van der Waals surface area contributed by atoms with Gasteiger partial charge in [0.25, 0.3) is 0 Å². The minimum absolute atomic E-state index is 0.0784. The van der Waals surface area contributed by atoms with Crippen molar-refractivity contribution in [2.24, 2.45) is 11.7 Å². The Morgan fingerprint density at radius 3 is 2.36 bits per heavy atom. The second-order valence-corrected chi connectivity index (χ2v) is 6.80. The molecule has 0 heterocycles. The van der Waals surface area contributed by atoms with Gasteiger partial charge in [0.2, 0.25) is 5.91 Å². The Hall–Kier alpha value is -1.92. The number of hydrogen-bond acceptors (Lipinski definition) is 4. The molecular formula is C19H28N2O4. The summed E-state index contributed by atoms with van der Waals surface area (Å²) in [5.74, 6) is -1.42. The molecule has 1 aliphatic rings. The van der Waals surface area contributed by atoms with Gasteiger partial charge in [0.05, 0.1) is 12.0 Å². The molecule has 0 spiro atoms. The van der Waals surface area contributed by atoms with Gasteiger partial charge in [0.15, 0.2) is 0 Å². The lowest BCUT2D eigenvalue weighted by Gasteiger charge is -2.25. The van der Waals surface area contributed by atoms with Crippen LogP contribution >= 0.6 is 0 Å². The molecule has 1 aromatic carbocycles. The van der Waals surface area contributed by atoms with Crippen LogP contribution in [0.1, 0.15) is 50.0 Å². The molecule has 1 fully saturated rings. The second kappa shape index (κ2) is 9.53. The van der Waals surface area contributed by atoms with Crippen molar-refractivity contribution in [2.75, 3.05) is 6.54 Å². The summed E-state index contributed by atoms with van der Waals surface area (Å²) in [5.41, 5.74) is 6.29. The molecule has 1 aliphatic carbocycles. The normalized spacial score (nSPS) is 18.5. The van der Waals surface area contributed by atoms with E-state index in [0.29, 0.717) is 0 Å². The van der Waals surface area contributed by atoms with Crippen LogP contribution in [0.4, 0.5) is 0 Å². The van der Waals surface area contributed by atoms with Gasteiger partial charge in [-0.05, 0) is 37.2 Å². The first-order chi connectivity index (χ1) is 12.0. The molecule has 25 heavy (non-hydrogen) atoms. The van der Waals surface area contributed by atoms with Crippen LogP contribution in [0.5, 0.6) is 0 Å². The third-order valence-electron chi connectivity index (χ3n) is 4.99. The van der Waals surface area contributed by atoms with Gasteiger partial charge in [-0.3, -0.25) is 4.79 Å². The maximum Gasteiger partial charge on any atom is 0.326 e. The first-order valence-electron chi connectivity index (χ1n) is 8.99. The number of aliphatic hydroxyl groups is 1. The Bertz CT molecular complexity index is 558. The van der Waals surface area contributed by atoms with Crippen molar-refractivity contribution in [3.05, 3.63) is 35.9 Å². The fourth-order valence-corrected chi connectivity index (χ4v) is 3.58. The fraction of sp³-hybridized carbons (Fsp3) is 0.579. The lowest BCUT2D eigenvalue weighted by atomic mass is 9.84. The number of rotatable bonds is 9. The molecule has 0 saturated heterocycles. The Labute approximate surface area is 148 Å². The van der Waals surface area contributed by atoms with Gasteiger partial charge in [0.1, 0.15) is 6.04 Å². The van der Waals surface area contributed by atoms with Crippen LogP contribution in [0.2, 0.25) is 0 Å². The molecule has 0 aliphatic heterocycles. The van der Waals surface area contributed by atoms with Gasteiger partial charge >= 0.3 is 5.97 Å². The molecule has 1 amide bonds. The molecule has 3 atom stereocenters. The molecular weight excluding hydrogens is 320 g/mol. The minimum atomic E-state index is -1.09. The largest absolute Gasteiger partial charge is 0.480 e. The molecule has 1 aromatic rings. The zero-order chi connectivity index (χ0) is 18.2. The van der Waals surface area contributed by atoms with Gasteiger partial charge in [-0.1, -0.05) is 43.2 Å². The number of carbonyl (C=O) groups excluding carboxylic acids is 1. The lowest BCUT2D eigenvalue weighted by molar-refractivity contribution is -0.142. The summed E-state index contributed by atoms with van der Waals surface area (Å²) in [5, 5.41) is 21.6. The minimum Gasteiger partial charge on any atom is -0.480 e. The molecule has 2 rings (SSSR count). The maximum atomic E-state index is 12.9. The van der Waals surface area contributed by atoms with Crippen molar-refractivity contribution in [3.8, 4) is 0 Å². The first kappa shape index (κ1) is 19.4. The zero-order valence-corrected chi connectivity index (χ0v) is 14.4. The quantitative estimate of drug-likeness (QED) is 0.542. The molecule has 0 aromatic heterocycles. The molecule has 6 nitrogen and oxygen atoms in total. The van der Waals surface area contributed by atoms with E-state index in [-0.39, 0.29) is 37.1 Å². The second-order valence-electron chi connectivity index (χ2n) is 6.80. The van der Waals surface area contributed by atoms with Gasteiger partial charge in [-0.25, -0.2) is 4.79 Å². The maximum absolute atomic E-state index is 12.9. The third-order valence-corrected chi connectivity index (χ3v) is 4.99. The van der Waals surface area contributed by atoms with E-state index in [1.807, 2.05) is 30.3 Å². The van der Waals surface area contributed by atoms with Crippen molar-refractivity contribution in [3.63, 3.8) is 0 Å². The van der Waals surface area contributed by atoms with Crippen LogP contribution in [0.25, 0.3) is 0 Å². The molecule has 2 unspecified atom stereocenters. The number of aliphatic hydroxyl groups excluding tert-OH is 1. The summed E-state index contributed by atoms with van der Waals surface area (Å²) in [6.45, 7) is 0.0784. The van der Waals surface area contributed by atoms with Gasteiger partial charge in [-0.15, -0.1) is 0 Å². The Balaban J connectivity index is 2.10. The van der Waals surface area contributed by atoms with Crippen LogP contribution < -0.4 is 11.1 Å². The lowest BCUT2D eigenvalue weighted by Crippen LogP contribution is -2.44. The average molecular weight is 348 g/mol. The van der Waals surface area contributed by atoms with Crippen molar-refractivity contribution < 1.29 is 19.8 Å². The van der Waals surface area contributed by atoms with Crippen molar-refractivity contribution in [2.45, 2.75) is 56.6 Å². The number of benzene rings is 1. The van der Waals surface area contributed by atoms with E-state index in [1.165, 1.54) is 0 Å². The van der Waals surface area contributed by atoms with E-state index in [4.69, 9.17) is 5.73 Å². The van der Waals surface area contributed by atoms with Crippen LogP contribution in [0.3, 0.4) is 0 Å². The topological polar surface area (TPSA) is 113 Å². The molecule has 0 radical (unpaired) electrons. The molecule has 6 heteroatoms. The summed E-state index contributed by atoms with van der Waals surface area (Å²) >= 11 is 0. The predicted molar refractivity (Wildman–Crippen MR) is 95.0 cm³/mol.